The topological polar surface area (TPSA) is 35.2 Å². The van der Waals surface area contributed by atoms with Gasteiger partial charge in [0.05, 0.1) is 7.11 Å². The number of methoxy groups -OCH3 is 1. The molecule has 0 saturated carbocycles. The van der Waals surface area contributed by atoms with Crippen molar-refractivity contribution in [3.05, 3.63) is 61.9 Å². The third-order valence-corrected chi connectivity index (χ3v) is 4.25. The monoisotopic (exact) mass is 405 g/mol. The Morgan fingerprint density at radius 2 is 2.05 bits per heavy atom. The Hall–Kier alpha value is -0.850. The van der Waals surface area contributed by atoms with E-state index >= 15 is 0 Å². The molecule has 2 nitrogen and oxygen atoms in total. The summed E-state index contributed by atoms with van der Waals surface area (Å²) in [5.74, 6) is -0.141. The van der Waals surface area contributed by atoms with Crippen LogP contribution in [0.25, 0.3) is 0 Å². The van der Waals surface area contributed by atoms with Gasteiger partial charge in [-0.05, 0) is 70.5 Å². The lowest BCUT2D eigenvalue weighted by Crippen LogP contribution is -2.15. The lowest BCUT2D eigenvalue weighted by Gasteiger charge is -2.15. The van der Waals surface area contributed by atoms with Gasteiger partial charge in [-0.25, -0.2) is 4.39 Å². The fourth-order valence-electron chi connectivity index (χ4n) is 2.00. The number of halogens is 3. The van der Waals surface area contributed by atoms with Gasteiger partial charge in [-0.3, -0.25) is 0 Å². The largest absolute Gasteiger partial charge is 0.494 e. The molecule has 0 radical (unpaired) electrons. The molecule has 106 valence electrons. The Morgan fingerprint density at radius 3 is 2.70 bits per heavy atom. The van der Waals surface area contributed by atoms with Crippen LogP contribution >= 0.6 is 34.2 Å². The number of ether oxygens (including phenoxy) is 1. The van der Waals surface area contributed by atoms with Crippen molar-refractivity contribution in [3.63, 3.8) is 0 Å². The summed E-state index contributed by atoms with van der Waals surface area (Å²) in [7, 11) is 1.44. The Labute approximate surface area is 136 Å². The quantitative estimate of drug-likeness (QED) is 0.768. The van der Waals surface area contributed by atoms with E-state index in [-0.39, 0.29) is 17.6 Å². The van der Waals surface area contributed by atoms with E-state index in [1.54, 1.807) is 6.07 Å². The first-order valence-corrected chi connectivity index (χ1v) is 7.50. The number of hydrogen-bond donors (Lipinski definition) is 1. The summed E-state index contributed by atoms with van der Waals surface area (Å²) in [4.78, 5) is 0. The third-order valence-electron chi connectivity index (χ3n) is 3.03. The van der Waals surface area contributed by atoms with Crippen LogP contribution < -0.4 is 10.5 Å². The number of benzene rings is 2. The van der Waals surface area contributed by atoms with Crippen molar-refractivity contribution in [1.29, 1.82) is 0 Å². The summed E-state index contributed by atoms with van der Waals surface area (Å²) in [6.45, 7) is 0. The Morgan fingerprint density at radius 1 is 1.30 bits per heavy atom. The SMILES string of the molecule is COc1ccc(CC(N)c2cc(Cl)ccc2I)cc1F. The summed E-state index contributed by atoms with van der Waals surface area (Å²) < 4.78 is 19.6. The number of rotatable bonds is 4. The summed E-state index contributed by atoms with van der Waals surface area (Å²) >= 11 is 8.21. The molecule has 5 heteroatoms. The summed E-state index contributed by atoms with van der Waals surface area (Å²) in [6, 6.07) is 10.3. The van der Waals surface area contributed by atoms with E-state index < -0.39 is 0 Å². The highest BCUT2D eigenvalue weighted by molar-refractivity contribution is 14.1. The van der Waals surface area contributed by atoms with Crippen molar-refractivity contribution < 1.29 is 9.13 Å². The molecular formula is C15H14ClFINO. The zero-order valence-corrected chi connectivity index (χ0v) is 13.8. The first-order chi connectivity index (χ1) is 9.51. The lowest BCUT2D eigenvalue weighted by atomic mass is 9.99. The Bertz CT molecular complexity index is 621. The first kappa shape index (κ1) is 15.5. The molecular weight excluding hydrogens is 392 g/mol. The van der Waals surface area contributed by atoms with Gasteiger partial charge in [0, 0.05) is 14.6 Å². The molecule has 2 aromatic rings. The van der Waals surface area contributed by atoms with Gasteiger partial charge in [-0.1, -0.05) is 17.7 Å². The van der Waals surface area contributed by atoms with Gasteiger partial charge < -0.3 is 10.5 Å². The van der Waals surface area contributed by atoms with Gasteiger partial charge in [-0.15, -0.1) is 0 Å². The van der Waals surface area contributed by atoms with Crippen LogP contribution in [-0.4, -0.2) is 7.11 Å². The second-order valence-corrected chi connectivity index (χ2v) is 6.04. The van der Waals surface area contributed by atoms with Crippen LogP contribution in [0.1, 0.15) is 17.2 Å². The summed E-state index contributed by atoms with van der Waals surface area (Å²) in [5, 5.41) is 0.650. The first-order valence-electron chi connectivity index (χ1n) is 6.04. The van der Waals surface area contributed by atoms with Crippen molar-refractivity contribution in [2.75, 3.05) is 7.11 Å². The van der Waals surface area contributed by atoms with Gasteiger partial charge in [0.1, 0.15) is 0 Å². The van der Waals surface area contributed by atoms with Crippen LogP contribution in [0.3, 0.4) is 0 Å². The van der Waals surface area contributed by atoms with Crippen molar-refractivity contribution in [2.24, 2.45) is 5.73 Å². The van der Waals surface area contributed by atoms with E-state index in [4.69, 9.17) is 22.1 Å². The van der Waals surface area contributed by atoms with Gasteiger partial charge in [0.2, 0.25) is 0 Å². The maximum absolute atomic E-state index is 13.7. The van der Waals surface area contributed by atoms with E-state index in [1.165, 1.54) is 13.2 Å². The third kappa shape index (κ3) is 3.62. The minimum absolute atomic E-state index is 0.228. The fourth-order valence-corrected chi connectivity index (χ4v) is 2.92. The second kappa shape index (κ2) is 6.74. The second-order valence-electron chi connectivity index (χ2n) is 4.45. The van der Waals surface area contributed by atoms with Crippen LogP contribution in [0.4, 0.5) is 4.39 Å². The Kier molecular flexibility index (Phi) is 5.23. The van der Waals surface area contributed by atoms with Crippen molar-refractivity contribution in [2.45, 2.75) is 12.5 Å². The standard InChI is InChI=1S/C15H14ClFINO/c1-20-15-5-2-9(6-12(15)17)7-14(19)11-8-10(16)3-4-13(11)18/h2-6,8,14H,7,19H2,1H3. The van der Waals surface area contributed by atoms with E-state index in [2.05, 4.69) is 22.6 Å². The molecule has 0 aromatic heterocycles. The molecule has 0 heterocycles. The predicted molar refractivity (Wildman–Crippen MR) is 87.8 cm³/mol. The average molecular weight is 406 g/mol. The van der Waals surface area contributed by atoms with Gasteiger partial charge in [-0.2, -0.15) is 0 Å². The van der Waals surface area contributed by atoms with Crippen LogP contribution in [-0.2, 0) is 6.42 Å². The number of hydrogen-bond acceptors (Lipinski definition) is 2. The molecule has 0 bridgehead atoms. The maximum atomic E-state index is 13.7. The van der Waals surface area contributed by atoms with E-state index in [1.807, 2.05) is 24.3 Å². The fraction of sp³-hybridized carbons (Fsp3) is 0.200. The lowest BCUT2D eigenvalue weighted by molar-refractivity contribution is 0.386. The molecule has 2 N–H and O–H groups in total. The van der Waals surface area contributed by atoms with Crippen molar-refractivity contribution >= 4 is 34.2 Å². The van der Waals surface area contributed by atoms with E-state index in [0.717, 1.165) is 14.7 Å². The van der Waals surface area contributed by atoms with Gasteiger partial charge in [0.15, 0.2) is 11.6 Å². The molecule has 0 fully saturated rings. The number of nitrogens with two attached hydrogens (primary N) is 1. The molecule has 0 aliphatic heterocycles. The van der Waals surface area contributed by atoms with Gasteiger partial charge >= 0.3 is 0 Å². The molecule has 0 aliphatic rings. The molecule has 0 spiro atoms. The highest BCUT2D eigenvalue weighted by Gasteiger charge is 2.13. The van der Waals surface area contributed by atoms with Gasteiger partial charge in [0.25, 0.3) is 0 Å². The van der Waals surface area contributed by atoms with E-state index in [0.29, 0.717) is 11.4 Å². The smallest absolute Gasteiger partial charge is 0.165 e. The van der Waals surface area contributed by atoms with Crippen LogP contribution in [0.15, 0.2) is 36.4 Å². The van der Waals surface area contributed by atoms with Crippen molar-refractivity contribution in [1.82, 2.24) is 0 Å². The zero-order chi connectivity index (χ0) is 14.7. The molecule has 20 heavy (non-hydrogen) atoms. The predicted octanol–water partition coefficient (Wildman–Crippen LogP) is 4.33. The molecule has 1 unspecified atom stereocenters. The minimum atomic E-state index is -0.377. The normalized spacial score (nSPS) is 12.2. The average Bonchev–Trinajstić information content (AvgIpc) is 2.41. The van der Waals surface area contributed by atoms with Crippen LogP contribution in [0.5, 0.6) is 5.75 Å². The summed E-state index contributed by atoms with van der Waals surface area (Å²) in [5.41, 5.74) is 7.99. The van der Waals surface area contributed by atoms with Crippen LogP contribution in [0, 0.1) is 9.39 Å². The summed E-state index contributed by atoms with van der Waals surface area (Å²) in [6.07, 6.45) is 0.539. The molecule has 2 aromatic carbocycles. The highest BCUT2D eigenvalue weighted by Crippen LogP contribution is 2.26. The van der Waals surface area contributed by atoms with E-state index in [9.17, 15) is 4.39 Å². The van der Waals surface area contributed by atoms with Crippen LogP contribution in [0.2, 0.25) is 5.02 Å². The zero-order valence-electron chi connectivity index (χ0n) is 10.9. The maximum Gasteiger partial charge on any atom is 0.165 e. The Balaban J connectivity index is 2.21. The highest BCUT2D eigenvalue weighted by atomic mass is 127. The molecule has 0 saturated heterocycles. The molecule has 0 amide bonds. The molecule has 0 aliphatic carbocycles. The molecule has 2 rings (SSSR count). The molecule has 1 atom stereocenters. The minimum Gasteiger partial charge on any atom is -0.494 e. The van der Waals surface area contributed by atoms with Crippen molar-refractivity contribution in [3.8, 4) is 5.75 Å².